The highest BCUT2D eigenvalue weighted by Crippen LogP contribution is 2.28. The summed E-state index contributed by atoms with van der Waals surface area (Å²) in [6.07, 6.45) is 1.51. The molecule has 0 unspecified atom stereocenters. The van der Waals surface area contributed by atoms with Crippen LogP contribution in [-0.4, -0.2) is 28.4 Å². The SMILES string of the molecule is COc1cccc(/C=N\Nc2cc(C)nc(-c3ccc(Br)cc3)n2)c1O. The minimum atomic E-state index is 0.0370. The Morgan fingerprint density at radius 2 is 1.92 bits per heavy atom. The number of para-hydroxylation sites is 1. The van der Waals surface area contributed by atoms with Crippen LogP contribution < -0.4 is 10.2 Å². The van der Waals surface area contributed by atoms with E-state index in [1.54, 1.807) is 24.3 Å². The van der Waals surface area contributed by atoms with Crippen LogP contribution in [0.15, 0.2) is 58.1 Å². The molecule has 0 bridgehead atoms. The van der Waals surface area contributed by atoms with Crippen molar-refractivity contribution in [3.63, 3.8) is 0 Å². The van der Waals surface area contributed by atoms with Crippen LogP contribution in [0.3, 0.4) is 0 Å². The van der Waals surface area contributed by atoms with Crippen molar-refractivity contribution < 1.29 is 9.84 Å². The summed E-state index contributed by atoms with van der Waals surface area (Å²) in [6, 6.07) is 14.8. The van der Waals surface area contributed by atoms with Gasteiger partial charge >= 0.3 is 0 Å². The molecule has 0 saturated heterocycles. The van der Waals surface area contributed by atoms with E-state index in [2.05, 4.69) is 36.4 Å². The lowest BCUT2D eigenvalue weighted by Gasteiger charge is -2.07. The molecule has 0 aliphatic heterocycles. The number of methoxy groups -OCH3 is 1. The second-order valence-electron chi connectivity index (χ2n) is 5.49. The van der Waals surface area contributed by atoms with Crippen LogP contribution >= 0.6 is 15.9 Å². The van der Waals surface area contributed by atoms with Crippen LogP contribution in [0.25, 0.3) is 11.4 Å². The fourth-order valence-electron chi connectivity index (χ4n) is 2.33. The number of aromatic hydroxyl groups is 1. The first-order valence-corrected chi connectivity index (χ1v) is 8.63. The fourth-order valence-corrected chi connectivity index (χ4v) is 2.59. The van der Waals surface area contributed by atoms with Crippen molar-refractivity contribution in [3.05, 3.63) is 64.3 Å². The van der Waals surface area contributed by atoms with Gasteiger partial charge in [0.2, 0.25) is 0 Å². The van der Waals surface area contributed by atoms with Crippen molar-refractivity contribution in [2.24, 2.45) is 5.10 Å². The zero-order valence-corrected chi connectivity index (χ0v) is 15.9. The third kappa shape index (κ3) is 4.18. The number of ether oxygens (including phenoxy) is 1. The first kappa shape index (κ1) is 17.9. The highest BCUT2D eigenvalue weighted by molar-refractivity contribution is 9.10. The maximum atomic E-state index is 10.1. The molecule has 1 aromatic heterocycles. The number of nitrogens with one attached hydrogen (secondary N) is 1. The number of benzene rings is 2. The van der Waals surface area contributed by atoms with Crippen molar-refractivity contribution in [2.75, 3.05) is 12.5 Å². The van der Waals surface area contributed by atoms with Gasteiger partial charge in [0.15, 0.2) is 23.1 Å². The third-order valence-corrected chi connectivity index (χ3v) is 4.12. The lowest BCUT2D eigenvalue weighted by atomic mass is 10.2. The summed E-state index contributed by atoms with van der Waals surface area (Å²) in [5.74, 6) is 1.60. The molecule has 132 valence electrons. The molecule has 0 saturated carbocycles. The Kier molecular flexibility index (Phi) is 5.48. The van der Waals surface area contributed by atoms with E-state index in [0.29, 0.717) is 23.0 Å². The van der Waals surface area contributed by atoms with E-state index in [1.165, 1.54) is 13.3 Å². The topological polar surface area (TPSA) is 79.6 Å². The second kappa shape index (κ2) is 7.97. The normalized spacial score (nSPS) is 10.9. The molecule has 0 aliphatic rings. The molecule has 1 heterocycles. The molecule has 7 heteroatoms. The highest BCUT2D eigenvalue weighted by Gasteiger charge is 2.06. The van der Waals surface area contributed by atoms with Gasteiger partial charge in [-0.15, -0.1) is 0 Å². The van der Waals surface area contributed by atoms with E-state index in [4.69, 9.17) is 4.74 Å². The quantitative estimate of drug-likeness (QED) is 0.480. The monoisotopic (exact) mass is 412 g/mol. The summed E-state index contributed by atoms with van der Waals surface area (Å²) >= 11 is 3.42. The average Bonchev–Trinajstić information content (AvgIpc) is 2.63. The Bertz CT molecular complexity index is 943. The van der Waals surface area contributed by atoms with Crippen molar-refractivity contribution in [1.29, 1.82) is 0 Å². The maximum absolute atomic E-state index is 10.1. The van der Waals surface area contributed by atoms with Crippen LogP contribution in [0.4, 0.5) is 5.82 Å². The average molecular weight is 413 g/mol. The van der Waals surface area contributed by atoms with Crippen molar-refractivity contribution >= 4 is 28.0 Å². The zero-order chi connectivity index (χ0) is 18.5. The first-order valence-electron chi connectivity index (χ1n) is 7.83. The first-order chi connectivity index (χ1) is 12.6. The zero-order valence-electron chi connectivity index (χ0n) is 14.3. The van der Waals surface area contributed by atoms with Crippen molar-refractivity contribution in [2.45, 2.75) is 6.92 Å². The van der Waals surface area contributed by atoms with E-state index in [-0.39, 0.29) is 5.75 Å². The third-order valence-electron chi connectivity index (χ3n) is 3.59. The van der Waals surface area contributed by atoms with E-state index >= 15 is 0 Å². The van der Waals surface area contributed by atoms with Gasteiger partial charge in [-0.1, -0.05) is 34.1 Å². The predicted octanol–water partition coefficient (Wildman–Crippen LogP) is 4.37. The van der Waals surface area contributed by atoms with E-state index in [9.17, 15) is 5.11 Å². The van der Waals surface area contributed by atoms with E-state index < -0.39 is 0 Å². The Hall–Kier alpha value is -2.93. The Morgan fingerprint density at radius 3 is 2.65 bits per heavy atom. The summed E-state index contributed by atoms with van der Waals surface area (Å²) in [6.45, 7) is 1.90. The van der Waals surface area contributed by atoms with Gasteiger partial charge < -0.3 is 9.84 Å². The number of halogens is 1. The van der Waals surface area contributed by atoms with Gasteiger partial charge in [-0.05, 0) is 31.2 Å². The number of phenolic OH excluding ortho intramolecular Hbond substituents is 1. The smallest absolute Gasteiger partial charge is 0.166 e. The van der Waals surface area contributed by atoms with Crippen LogP contribution in [-0.2, 0) is 0 Å². The van der Waals surface area contributed by atoms with Crippen LogP contribution in [0.1, 0.15) is 11.3 Å². The van der Waals surface area contributed by atoms with Gasteiger partial charge in [-0.25, -0.2) is 9.97 Å². The lowest BCUT2D eigenvalue weighted by molar-refractivity contribution is 0.373. The number of rotatable bonds is 5. The number of nitrogens with zero attached hydrogens (tertiary/aromatic N) is 3. The molecule has 0 atom stereocenters. The molecule has 3 rings (SSSR count). The summed E-state index contributed by atoms with van der Waals surface area (Å²) in [5, 5.41) is 14.2. The van der Waals surface area contributed by atoms with Gasteiger partial charge in [-0.3, -0.25) is 5.43 Å². The largest absolute Gasteiger partial charge is 0.504 e. The predicted molar refractivity (Wildman–Crippen MR) is 106 cm³/mol. The van der Waals surface area contributed by atoms with Crippen molar-refractivity contribution in [3.8, 4) is 22.9 Å². The number of aryl methyl sites for hydroxylation is 1. The molecular formula is C19H17BrN4O2. The minimum absolute atomic E-state index is 0.0370. The molecule has 0 fully saturated rings. The van der Waals surface area contributed by atoms with Gasteiger partial charge in [-0.2, -0.15) is 5.10 Å². The molecule has 3 aromatic rings. The summed E-state index contributed by atoms with van der Waals surface area (Å²) in [7, 11) is 1.50. The van der Waals surface area contributed by atoms with Crippen molar-refractivity contribution in [1.82, 2.24) is 9.97 Å². The number of hydrogen-bond acceptors (Lipinski definition) is 6. The molecule has 0 radical (unpaired) electrons. The Morgan fingerprint density at radius 1 is 1.15 bits per heavy atom. The lowest BCUT2D eigenvalue weighted by Crippen LogP contribution is -1.99. The van der Waals surface area contributed by atoms with Gasteiger partial charge in [0.25, 0.3) is 0 Å². The van der Waals surface area contributed by atoms with E-state index in [1.807, 2.05) is 31.2 Å². The maximum Gasteiger partial charge on any atom is 0.166 e. The summed E-state index contributed by atoms with van der Waals surface area (Å²) in [4.78, 5) is 8.94. The Labute approximate surface area is 159 Å². The molecule has 6 nitrogen and oxygen atoms in total. The van der Waals surface area contributed by atoms with Crippen LogP contribution in [0.5, 0.6) is 11.5 Å². The van der Waals surface area contributed by atoms with Gasteiger partial charge in [0.05, 0.1) is 13.3 Å². The van der Waals surface area contributed by atoms with E-state index in [0.717, 1.165) is 15.7 Å². The Balaban J connectivity index is 1.81. The molecule has 2 aromatic carbocycles. The molecular weight excluding hydrogens is 396 g/mol. The van der Waals surface area contributed by atoms with Crippen LogP contribution in [0.2, 0.25) is 0 Å². The number of phenols is 1. The second-order valence-corrected chi connectivity index (χ2v) is 6.41. The number of anilines is 1. The molecule has 0 spiro atoms. The molecule has 0 aliphatic carbocycles. The summed E-state index contributed by atoms with van der Waals surface area (Å²) in [5.41, 5.74) is 5.15. The fraction of sp³-hybridized carbons (Fsp3) is 0.105. The number of hydrazone groups is 1. The summed E-state index contributed by atoms with van der Waals surface area (Å²) < 4.78 is 6.08. The van der Waals surface area contributed by atoms with Gasteiger partial charge in [0.1, 0.15) is 0 Å². The van der Waals surface area contributed by atoms with Crippen LogP contribution in [0, 0.1) is 6.92 Å². The van der Waals surface area contributed by atoms with Gasteiger partial charge in [0, 0.05) is 27.4 Å². The molecule has 2 N–H and O–H groups in total. The highest BCUT2D eigenvalue weighted by atomic mass is 79.9. The molecule has 0 amide bonds. The number of hydrogen-bond donors (Lipinski definition) is 2. The number of aromatic nitrogens is 2. The molecule has 26 heavy (non-hydrogen) atoms. The minimum Gasteiger partial charge on any atom is -0.504 e. The standard InChI is InChI=1S/C19H17BrN4O2/c1-12-10-17(23-19(22-12)13-6-8-15(20)9-7-13)24-21-11-14-4-3-5-16(26-2)18(14)25/h3-11,25H,1-2H3,(H,22,23,24)/b21-11-.